The van der Waals surface area contributed by atoms with Crippen molar-refractivity contribution < 1.29 is 22.8 Å². The van der Waals surface area contributed by atoms with Crippen LogP contribution in [0.5, 0.6) is 0 Å². The maximum atomic E-state index is 12.8. The van der Waals surface area contributed by atoms with Crippen LogP contribution in [0.2, 0.25) is 0 Å². The smallest absolute Gasteiger partial charge is 0.324 e. The number of alkyl halides is 3. The summed E-state index contributed by atoms with van der Waals surface area (Å²) in [6.45, 7) is 0. The second kappa shape index (κ2) is 8.25. The second-order valence-electron chi connectivity index (χ2n) is 7.94. The fourth-order valence-electron chi connectivity index (χ4n) is 3.45. The molecule has 0 unspecified atom stereocenters. The van der Waals surface area contributed by atoms with Crippen LogP contribution >= 0.6 is 0 Å². The Hall–Kier alpha value is -4.28. The number of pyridine rings is 2. The molecule has 4 aromatic rings. The molecule has 0 radical (unpaired) electrons. The number of nitrogens with zero attached hydrogens (tertiary/aromatic N) is 3. The van der Waals surface area contributed by atoms with E-state index in [0.29, 0.717) is 16.6 Å². The van der Waals surface area contributed by atoms with Gasteiger partial charge in [-0.25, -0.2) is 4.98 Å². The molecule has 0 atom stereocenters. The van der Waals surface area contributed by atoms with Gasteiger partial charge >= 0.3 is 6.18 Å². The maximum absolute atomic E-state index is 12.8. The number of aromatic nitrogens is 4. The molecule has 5 rings (SSSR count). The van der Waals surface area contributed by atoms with E-state index < -0.39 is 17.8 Å². The quantitative estimate of drug-likeness (QED) is 0.397. The largest absolute Gasteiger partial charge is 0.433 e. The van der Waals surface area contributed by atoms with Crippen LogP contribution in [-0.2, 0) is 11.0 Å². The molecule has 172 valence electrons. The summed E-state index contributed by atoms with van der Waals surface area (Å²) in [7, 11) is 0. The average Bonchev–Trinajstić information content (AvgIpc) is 3.58. The van der Waals surface area contributed by atoms with Crippen LogP contribution in [0.3, 0.4) is 0 Å². The van der Waals surface area contributed by atoms with Crippen LogP contribution in [-0.4, -0.2) is 32.0 Å². The lowest BCUT2D eigenvalue weighted by atomic mass is 10.0. The molecule has 0 bridgehead atoms. The Morgan fingerprint density at radius 3 is 2.47 bits per heavy atom. The Morgan fingerprint density at radius 2 is 1.76 bits per heavy atom. The predicted octanol–water partition coefficient (Wildman–Crippen LogP) is 4.64. The number of anilines is 2. The number of amides is 2. The SMILES string of the molecule is O=C(Nc1ccc(C(F)(F)F)nc1)c1n[nH]c2ccc(-c3cncc(NC(=O)C4CC4)c3)cc12. The molecule has 0 saturated heterocycles. The number of aromatic amines is 1. The van der Waals surface area contributed by atoms with E-state index in [1.807, 2.05) is 6.07 Å². The summed E-state index contributed by atoms with van der Waals surface area (Å²) in [5.41, 5.74) is 1.78. The molecule has 1 aliphatic rings. The van der Waals surface area contributed by atoms with Crippen molar-refractivity contribution >= 4 is 34.1 Å². The first kappa shape index (κ1) is 21.6. The van der Waals surface area contributed by atoms with Crippen LogP contribution in [0.4, 0.5) is 24.5 Å². The number of fused-ring (bicyclic) bond motifs is 1. The molecule has 3 N–H and O–H groups in total. The topological polar surface area (TPSA) is 113 Å². The first-order valence-corrected chi connectivity index (χ1v) is 10.4. The minimum absolute atomic E-state index is 0.0269. The zero-order valence-corrected chi connectivity index (χ0v) is 17.5. The minimum atomic E-state index is -4.57. The number of hydrogen-bond donors (Lipinski definition) is 3. The molecule has 0 aliphatic heterocycles. The van der Waals surface area contributed by atoms with Gasteiger partial charge in [0, 0.05) is 23.1 Å². The lowest BCUT2D eigenvalue weighted by Gasteiger charge is -2.08. The number of H-pyrrole nitrogens is 1. The van der Waals surface area contributed by atoms with Crippen molar-refractivity contribution in [1.29, 1.82) is 0 Å². The number of rotatable bonds is 5. The summed E-state index contributed by atoms with van der Waals surface area (Å²) in [4.78, 5) is 32.3. The molecule has 0 spiro atoms. The molecular formula is C23H17F3N6O2. The first-order valence-electron chi connectivity index (χ1n) is 10.4. The fourth-order valence-corrected chi connectivity index (χ4v) is 3.45. The molecule has 1 aromatic carbocycles. The van der Waals surface area contributed by atoms with Gasteiger partial charge < -0.3 is 10.6 Å². The van der Waals surface area contributed by atoms with E-state index in [9.17, 15) is 22.8 Å². The highest BCUT2D eigenvalue weighted by atomic mass is 19.4. The van der Waals surface area contributed by atoms with Gasteiger partial charge in [-0.2, -0.15) is 18.3 Å². The summed E-state index contributed by atoms with van der Waals surface area (Å²) in [5, 5.41) is 12.7. The zero-order chi connectivity index (χ0) is 23.9. The van der Waals surface area contributed by atoms with Crippen molar-refractivity contribution in [3.8, 4) is 11.1 Å². The molecule has 34 heavy (non-hydrogen) atoms. The van der Waals surface area contributed by atoms with Crippen molar-refractivity contribution in [2.45, 2.75) is 19.0 Å². The Bertz CT molecular complexity index is 1390. The van der Waals surface area contributed by atoms with Crippen molar-refractivity contribution in [2.75, 3.05) is 10.6 Å². The monoisotopic (exact) mass is 466 g/mol. The van der Waals surface area contributed by atoms with Gasteiger partial charge in [-0.3, -0.25) is 19.7 Å². The van der Waals surface area contributed by atoms with Crippen LogP contribution in [0, 0.1) is 5.92 Å². The normalized spacial score (nSPS) is 13.6. The molecule has 3 aromatic heterocycles. The average molecular weight is 466 g/mol. The number of halogens is 3. The van der Waals surface area contributed by atoms with E-state index in [4.69, 9.17) is 0 Å². The third kappa shape index (κ3) is 4.45. The number of carbonyl (C=O) groups is 2. The van der Waals surface area contributed by atoms with Crippen LogP contribution in [0.25, 0.3) is 22.0 Å². The van der Waals surface area contributed by atoms with E-state index in [1.165, 1.54) is 0 Å². The zero-order valence-electron chi connectivity index (χ0n) is 17.5. The van der Waals surface area contributed by atoms with E-state index in [0.717, 1.165) is 42.3 Å². The molecular weight excluding hydrogens is 449 g/mol. The number of hydrogen-bond acceptors (Lipinski definition) is 5. The van der Waals surface area contributed by atoms with Crippen LogP contribution in [0.1, 0.15) is 29.0 Å². The summed E-state index contributed by atoms with van der Waals surface area (Å²) < 4.78 is 38.1. The predicted molar refractivity (Wildman–Crippen MR) is 118 cm³/mol. The van der Waals surface area contributed by atoms with Gasteiger partial charge in [0.15, 0.2) is 5.69 Å². The second-order valence-corrected chi connectivity index (χ2v) is 7.94. The molecule has 11 heteroatoms. The van der Waals surface area contributed by atoms with Gasteiger partial charge in [0.25, 0.3) is 5.91 Å². The van der Waals surface area contributed by atoms with Crippen molar-refractivity contribution in [2.24, 2.45) is 5.92 Å². The van der Waals surface area contributed by atoms with Crippen LogP contribution < -0.4 is 10.6 Å². The number of benzene rings is 1. The van der Waals surface area contributed by atoms with Gasteiger partial charge in [-0.05, 0) is 48.7 Å². The van der Waals surface area contributed by atoms with E-state index in [2.05, 4.69) is 30.8 Å². The number of nitrogens with one attached hydrogen (secondary N) is 3. The van der Waals surface area contributed by atoms with Crippen molar-refractivity contribution in [3.05, 3.63) is 66.4 Å². The first-order chi connectivity index (χ1) is 16.3. The molecule has 1 fully saturated rings. The van der Waals surface area contributed by atoms with Gasteiger partial charge in [-0.1, -0.05) is 6.07 Å². The fraction of sp³-hybridized carbons (Fsp3) is 0.174. The minimum Gasteiger partial charge on any atom is -0.324 e. The van der Waals surface area contributed by atoms with Gasteiger partial charge in [-0.15, -0.1) is 0 Å². The third-order valence-corrected chi connectivity index (χ3v) is 5.38. The Morgan fingerprint density at radius 1 is 0.941 bits per heavy atom. The van der Waals surface area contributed by atoms with Crippen LogP contribution in [0.15, 0.2) is 55.0 Å². The highest BCUT2D eigenvalue weighted by molar-refractivity contribution is 6.11. The molecule has 2 amide bonds. The van der Waals surface area contributed by atoms with Gasteiger partial charge in [0.1, 0.15) is 5.69 Å². The Labute approximate surface area is 190 Å². The van der Waals surface area contributed by atoms with Gasteiger partial charge in [0.05, 0.1) is 29.3 Å². The lowest BCUT2D eigenvalue weighted by molar-refractivity contribution is -0.141. The van der Waals surface area contributed by atoms with E-state index in [-0.39, 0.29) is 23.2 Å². The summed E-state index contributed by atoms with van der Waals surface area (Å²) >= 11 is 0. The van der Waals surface area contributed by atoms with E-state index >= 15 is 0 Å². The Kier molecular flexibility index (Phi) is 5.23. The highest BCUT2D eigenvalue weighted by Crippen LogP contribution is 2.31. The standard InChI is InChI=1S/C23H17F3N6O2/c24-23(25,26)19-6-4-15(11-28-19)29-22(34)20-17-8-13(3-5-18(17)31-32-20)14-7-16(10-27-9-14)30-21(33)12-1-2-12/h3-12H,1-2H2,(H,29,34)(H,30,33)(H,31,32). The summed E-state index contributed by atoms with van der Waals surface area (Å²) in [6, 6.07) is 9.04. The van der Waals surface area contributed by atoms with Gasteiger partial charge in [0.2, 0.25) is 5.91 Å². The lowest BCUT2D eigenvalue weighted by Crippen LogP contribution is -2.14. The summed E-state index contributed by atoms with van der Waals surface area (Å²) in [5.74, 6) is -0.568. The number of carbonyl (C=O) groups excluding carboxylic acids is 2. The maximum Gasteiger partial charge on any atom is 0.433 e. The molecule has 8 nitrogen and oxygen atoms in total. The highest BCUT2D eigenvalue weighted by Gasteiger charge is 2.32. The molecule has 1 saturated carbocycles. The van der Waals surface area contributed by atoms with Crippen molar-refractivity contribution in [1.82, 2.24) is 20.2 Å². The third-order valence-electron chi connectivity index (χ3n) is 5.38. The summed E-state index contributed by atoms with van der Waals surface area (Å²) in [6.07, 6.45) is 1.37. The van der Waals surface area contributed by atoms with E-state index in [1.54, 1.807) is 30.6 Å². The Balaban J connectivity index is 1.39. The molecule has 1 aliphatic carbocycles. The molecule has 3 heterocycles. The van der Waals surface area contributed by atoms with Crippen molar-refractivity contribution in [3.63, 3.8) is 0 Å².